The Morgan fingerprint density at radius 3 is 2.74 bits per heavy atom. The van der Waals surface area contributed by atoms with Crippen LogP contribution in [-0.4, -0.2) is 29.3 Å². The Morgan fingerprint density at radius 2 is 1.91 bits per heavy atom. The summed E-state index contributed by atoms with van der Waals surface area (Å²) in [5, 5.41) is 14.0. The Balaban J connectivity index is 1.47. The van der Waals surface area contributed by atoms with E-state index in [9.17, 15) is 4.79 Å². The summed E-state index contributed by atoms with van der Waals surface area (Å²) in [6, 6.07) is 17.0. The van der Waals surface area contributed by atoms with Crippen LogP contribution in [0.2, 0.25) is 0 Å². The summed E-state index contributed by atoms with van der Waals surface area (Å²) in [6.45, 7) is 4.01. The van der Waals surface area contributed by atoms with Crippen molar-refractivity contribution in [3.8, 4) is 17.3 Å². The molecule has 10 heteroatoms. The van der Waals surface area contributed by atoms with Gasteiger partial charge in [0.25, 0.3) is 5.56 Å². The number of rotatable bonds is 5. The Morgan fingerprint density at radius 1 is 1.03 bits per heavy atom. The number of para-hydroxylation sites is 1. The highest BCUT2D eigenvalue weighted by Crippen LogP contribution is 2.27. The highest BCUT2D eigenvalue weighted by molar-refractivity contribution is 7.98. The summed E-state index contributed by atoms with van der Waals surface area (Å²) >= 11 is 1.40. The lowest BCUT2D eigenvalue weighted by Gasteiger charge is -2.13. The SMILES string of the molecule is Cc1ccc(-n2c(=O)c3ccccc3n3c(SCc4nc(-c5ccco5)no4)nnc23)c(C)c1. The summed E-state index contributed by atoms with van der Waals surface area (Å²) < 4.78 is 14.2. The molecule has 0 fully saturated rings. The molecule has 4 heterocycles. The van der Waals surface area contributed by atoms with Gasteiger partial charge < -0.3 is 8.94 Å². The topological polar surface area (TPSA) is 104 Å². The van der Waals surface area contributed by atoms with Crippen LogP contribution in [-0.2, 0) is 5.75 Å². The predicted octanol–water partition coefficient (Wildman–Crippen LogP) is 4.59. The molecule has 4 aromatic heterocycles. The van der Waals surface area contributed by atoms with Gasteiger partial charge in [-0.1, -0.05) is 46.7 Å². The van der Waals surface area contributed by atoms with E-state index in [4.69, 9.17) is 8.94 Å². The third kappa shape index (κ3) is 3.30. The van der Waals surface area contributed by atoms with Crippen molar-refractivity contribution in [3.63, 3.8) is 0 Å². The third-order valence-corrected chi connectivity index (χ3v) is 6.44. The number of hydrogen-bond acceptors (Lipinski definition) is 8. The third-order valence-electron chi connectivity index (χ3n) is 5.52. The fourth-order valence-corrected chi connectivity index (χ4v) is 4.77. The van der Waals surface area contributed by atoms with Crippen molar-refractivity contribution in [2.24, 2.45) is 0 Å². The first-order valence-corrected chi connectivity index (χ1v) is 11.5. The molecule has 0 aliphatic heterocycles. The molecule has 0 N–H and O–H groups in total. The summed E-state index contributed by atoms with van der Waals surface area (Å²) in [6.07, 6.45) is 1.56. The second kappa shape index (κ2) is 7.99. The van der Waals surface area contributed by atoms with Crippen LogP contribution in [0.3, 0.4) is 0 Å². The van der Waals surface area contributed by atoms with Gasteiger partial charge in [-0.2, -0.15) is 4.98 Å². The van der Waals surface area contributed by atoms with Crippen molar-refractivity contribution in [1.82, 2.24) is 29.3 Å². The van der Waals surface area contributed by atoms with Gasteiger partial charge in [0, 0.05) is 0 Å². The average Bonchev–Trinajstić information content (AvgIpc) is 3.60. The molecule has 34 heavy (non-hydrogen) atoms. The van der Waals surface area contributed by atoms with E-state index in [0.29, 0.717) is 39.5 Å². The largest absolute Gasteiger partial charge is 0.461 e. The van der Waals surface area contributed by atoms with E-state index in [1.807, 2.05) is 60.7 Å². The maximum absolute atomic E-state index is 13.5. The summed E-state index contributed by atoms with van der Waals surface area (Å²) in [4.78, 5) is 17.9. The van der Waals surface area contributed by atoms with Crippen LogP contribution < -0.4 is 5.56 Å². The van der Waals surface area contributed by atoms with E-state index in [0.717, 1.165) is 22.3 Å². The van der Waals surface area contributed by atoms with Crippen molar-refractivity contribution >= 4 is 28.4 Å². The normalized spacial score (nSPS) is 11.6. The van der Waals surface area contributed by atoms with Gasteiger partial charge >= 0.3 is 0 Å². The average molecular weight is 471 g/mol. The smallest absolute Gasteiger partial charge is 0.267 e. The van der Waals surface area contributed by atoms with Crippen LogP contribution in [0.4, 0.5) is 0 Å². The van der Waals surface area contributed by atoms with Crippen LogP contribution in [0.25, 0.3) is 34.0 Å². The lowest BCUT2D eigenvalue weighted by Crippen LogP contribution is -2.22. The Bertz CT molecular complexity index is 1710. The number of aromatic nitrogens is 6. The van der Waals surface area contributed by atoms with Gasteiger partial charge in [0.1, 0.15) is 0 Å². The fraction of sp³-hybridized carbons (Fsp3) is 0.125. The lowest BCUT2D eigenvalue weighted by molar-refractivity contribution is 0.390. The molecule has 9 nitrogen and oxygen atoms in total. The number of aryl methyl sites for hydroxylation is 2. The molecule has 168 valence electrons. The zero-order valence-corrected chi connectivity index (χ0v) is 19.1. The van der Waals surface area contributed by atoms with Gasteiger partial charge in [-0.25, -0.2) is 4.57 Å². The van der Waals surface area contributed by atoms with Crippen LogP contribution in [0.1, 0.15) is 17.0 Å². The minimum atomic E-state index is -0.140. The second-order valence-electron chi connectivity index (χ2n) is 7.84. The van der Waals surface area contributed by atoms with Crippen LogP contribution >= 0.6 is 11.8 Å². The molecule has 0 bridgehead atoms. The molecule has 6 rings (SSSR count). The fourth-order valence-electron chi connectivity index (χ4n) is 3.99. The number of nitrogens with zero attached hydrogens (tertiary/aromatic N) is 6. The van der Waals surface area contributed by atoms with Crippen LogP contribution in [0, 0.1) is 13.8 Å². The first-order valence-electron chi connectivity index (χ1n) is 10.6. The van der Waals surface area contributed by atoms with Crippen LogP contribution in [0.5, 0.6) is 0 Å². The van der Waals surface area contributed by atoms with Crippen molar-refractivity contribution in [1.29, 1.82) is 0 Å². The zero-order valence-electron chi connectivity index (χ0n) is 18.3. The van der Waals surface area contributed by atoms with Gasteiger partial charge in [-0.05, 0) is 49.7 Å². The quantitative estimate of drug-likeness (QED) is 0.337. The molecule has 0 unspecified atom stereocenters. The van der Waals surface area contributed by atoms with Crippen molar-refractivity contribution in [2.75, 3.05) is 0 Å². The van der Waals surface area contributed by atoms with E-state index in [1.54, 1.807) is 23.0 Å². The number of furan rings is 1. The molecular weight excluding hydrogens is 452 g/mol. The maximum atomic E-state index is 13.5. The monoisotopic (exact) mass is 470 g/mol. The molecule has 0 amide bonds. The molecule has 0 aliphatic rings. The van der Waals surface area contributed by atoms with Gasteiger partial charge in [0.2, 0.25) is 17.5 Å². The molecule has 0 atom stereocenters. The molecule has 6 aromatic rings. The number of fused-ring (bicyclic) bond motifs is 3. The second-order valence-corrected chi connectivity index (χ2v) is 8.79. The Labute approximate surface area is 197 Å². The standard InChI is InChI=1S/C24H18N6O3S/c1-14-9-10-17(15(2)12-14)29-22(31)16-6-3-4-7-18(16)30-23(29)26-27-24(30)34-13-20-25-21(28-33-20)19-8-5-11-32-19/h3-12H,13H2,1-2H3. The first-order chi connectivity index (χ1) is 16.6. The Hall–Kier alpha value is -4.18. The number of hydrogen-bond donors (Lipinski definition) is 0. The lowest BCUT2D eigenvalue weighted by atomic mass is 10.1. The summed E-state index contributed by atoms with van der Waals surface area (Å²) in [7, 11) is 0. The highest BCUT2D eigenvalue weighted by Gasteiger charge is 2.20. The number of benzene rings is 2. The van der Waals surface area contributed by atoms with Gasteiger partial charge in [-0.15, -0.1) is 10.2 Å². The molecular formula is C24H18N6O3S. The van der Waals surface area contributed by atoms with E-state index in [-0.39, 0.29) is 5.56 Å². The maximum Gasteiger partial charge on any atom is 0.267 e. The van der Waals surface area contributed by atoms with Gasteiger partial charge in [0.05, 0.1) is 28.6 Å². The molecule has 0 spiro atoms. The van der Waals surface area contributed by atoms with E-state index >= 15 is 0 Å². The van der Waals surface area contributed by atoms with Crippen molar-refractivity contribution in [3.05, 3.63) is 88.2 Å². The minimum Gasteiger partial charge on any atom is -0.461 e. The van der Waals surface area contributed by atoms with E-state index in [2.05, 4.69) is 20.3 Å². The predicted molar refractivity (Wildman–Crippen MR) is 127 cm³/mol. The van der Waals surface area contributed by atoms with E-state index < -0.39 is 0 Å². The molecule has 2 aromatic carbocycles. The highest BCUT2D eigenvalue weighted by atomic mass is 32.2. The Kier molecular flexibility index (Phi) is 4.80. The molecule has 0 radical (unpaired) electrons. The van der Waals surface area contributed by atoms with Gasteiger partial charge in [-0.3, -0.25) is 9.20 Å². The summed E-state index contributed by atoms with van der Waals surface area (Å²) in [5.41, 5.74) is 3.47. The molecule has 0 saturated heterocycles. The van der Waals surface area contributed by atoms with E-state index in [1.165, 1.54) is 11.8 Å². The zero-order chi connectivity index (χ0) is 23.2. The van der Waals surface area contributed by atoms with Crippen molar-refractivity contribution < 1.29 is 8.94 Å². The van der Waals surface area contributed by atoms with Crippen molar-refractivity contribution in [2.45, 2.75) is 24.8 Å². The first kappa shape index (κ1) is 20.4. The molecule has 0 saturated carbocycles. The van der Waals surface area contributed by atoms with Gasteiger partial charge in [0.15, 0.2) is 10.9 Å². The summed E-state index contributed by atoms with van der Waals surface area (Å²) in [5.74, 6) is 2.18. The number of thioether (sulfide) groups is 1. The molecule has 0 aliphatic carbocycles. The minimum absolute atomic E-state index is 0.140. The van der Waals surface area contributed by atoms with Crippen LogP contribution in [0.15, 0.2) is 79.8 Å².